The van der Waals surface area contributed by atoms with E-state index in [9.17, 15) is 14.4 Å². The number of piperazine rings is 1. The predicted octanol–water partition coefficient (Wildman–Crippen LogP) is 1.95. The number of hydrogen-bond acceptors (Lipinski definition) is 6. The normalized spacial score (nSPS) is 17.6. The lowest BCUT2D eigenvalue weighted by atomic mass is 9.96. The Labute approximate surface area is 212 Å². The van der Waals surface area contributed by atoms with Crippen LogP contribution in [0.2, 0.25) is 0 Å². The van der Waals surface area contributed by atoms with Gasteiger partial charge in [-0.15, -0.1) is 0 Å². The average Bonchev–Trinajstić information content (AvgIpc) is 3.42. The van der Waals surface area contributed by atoms with Gasteiger partial charge in [-0.2, -0.15) is 0 Å². The fourth-order valence-corrected chi connectivity index (χ4v) is 4.88. The van der Waals surface area contributed by atoms with Gasteiger partial charge in [0.15, 0.2) is 0 Å². The Balaban J connectivity index is 1.13. The molecule has 0 bridgehead atoms. The molecule has 2 N–H and O–H groups in total. The highest BCUT2D eigenvalue weighted by atomic mass is 16.3. The van der Waals surface area contributed by atoms with Gasteiger partial charge in [-0.1, -0.05) is 25.1 Å². The molecule has 0 saturated carbocycles. The van der Waals surface area contributed by atoms with Gasteiger partial charge < -0.3 is 20.0 Å². The number of amides is 3. The fourth-order valence-electron chi connectivity index (χ4n) is 4.88. The monoisotopic (exact) mass is 495 g/mol. The van der Waals surface area contributed by atoms with Crippen molar-refractivity contribution in [3.8, 4) is 0 Å². The molecule has 9 heteroatoms. The number of carbonyl (C=O) groups is 3. The van der Waals surface area contributed by atoms with E-state index in [1.165, 1.54) is 0 Å². The smallest absolute Gasteiger partial charge is 0.238 e. The highest BCUT2D eigenvalue weighted by Gasteiger charge is 2.28. The zero-order valence-electron chi connectivity index (χ0n) is 21.1. The first-order chi connectivity index (χ1) is 17.5. The van der Waals surface area contributed by atoms with Crippen LogP contribution in [0.4, 0.5) is 5.69 Å². The van der Waals surface area contributed by atoms with E-state index in [2.05, 4.69) is 27.4 Å². The number of carbonyl (C=O) groups excluding carboxylic acids is 3. The van der Waals surface area contributed by atoms with Gasteiger partial charge >= 0.3 is 0 Å². The second-order valence-corrected chi connectivity index (χ2v) is 9.56. The minimum atomic E-state index is -0.0229. The van der Waals surface area contributed by atoms with Crippen LogP contribution in [-0.2, 0) is 27.3 Å². The van der Waals surface area contributed by atoms with E-state index >= 15 is 0 Å². The van der Waals surface area contributed by atoms with E-state index in [-0.39, 0.29) is 23.6 Å². The molecular weight excluding hydrogens is 458 g/mol. The highest BCUT2D eigenvalue weighted by Crippen LogP contribution is 2.18. The predicted molar refractivity (Wildman–Crippen MR) is 137 cm³/mol. The van der Waals surface area contributed by atoms with Crippen molar-refractivity contribution in [2.24, 2.45) is 5.92 Å². The lowest BCUT2D eigenvalue weighted by Gasteiger charge is -2.36. The average molecular weight is 496 g/mol. The minimum absolute atomic E-state index is 0.0215. The maximum Gasteiger partial charge on any atom is 0.238 e. The molecule has 3 heterocycles. The first kappa shape index (κ1) is 25.9. The molecule has 2 fully saturated rings. The van der Waals surface area contributed by atoms with Crippen LogP contribution in [0.1, 0.15) is 31.1 Å². The van der Waals surface area contributed by atoms with Crippen LogP contribution in [0.5, 0.6) is 0 Å². The van der Waals surface area contributed by atoms with Crippen LogP contribution in [0, 0.1) is 5.92 Å². The summed E-state index contributed by atoms with van der Waals surface area (Å²) in [5.74, 6) is 0.874. The third-order valence-corrected chi connectivity index (χ3v) is 7.10. The van der Waals surface area contributed by atoms with Crippen molar-refractivity contribution in [1.82, 2.24) is 20.0 Å². The second kappa shape index (κ2) is 12.7. The molecule has 0 spiro atoms. The zero-order chi connectivity index (χ0) is 25.3. The molecule has 9 nitrogen and oxygen atoms in total. The first-order valence-electron chi connectivity index (χ1n) is 12.9. The van der Waals surface area contributed by atoms with Crippen molar-refractivity contribution < 1.29 is 18.8 Å². The minimum Gasteiger partial charge on any atom is -0.467 e. The molecule has 4 rings (SSSR count). The van der Waals surface area contributed by atoms with Crippen LogP contribution >= 0.6 is 0 Å². The van der Waals surface area contributed by atoms with Crippen molar-refractivity contribution in [2.75, 3.05) is 57.7 Å². The Morgan fingerprint density at radius 2 is 1.64 bits per heavy atom. The van der Waals surface area contributed by atoms with E-state index in [0.29, 0.717) is 45.8 Å². The van der Waals surface area contributed by atoms with Gasteiger partial charge in [-0.25, -0.2) is 0 Å². The largest absolute Gasteiger partial charge is 0.467 e. The summed E-state index contributed by atoms with van der Waals surface area (Å²) in [5, 5.41) is 5.96. The molecule has 0 aliphatic carbocycles. The number of furan rings is 1. The number of benzene rings is 1. The number of nitrogens with one attached hydrogen (secondary N) is 2. The van der Waals surface area contributed by atoms with Crippen molar-refractivity contribution in [3.63, 3.8) is 0 Å². The Kier molecular flexibility index (Phi) is 9.13. The molecule has 194 valence electrons. The summed E-state index contributed by atoms with van der Waals surface area (Å²) in [6, 6.07) is 11.5. The number of rotatable bonds is 9. The quantitative estimate of drug-likeness (QED) is 0.552. The fraction of sp³-hybridized carbons (Fsp3) is 0.519. The van der Waals surface area contributed by atoms with Crippen molar-refractivity contribution in [3.05, 3.63) is 54.0 Å². The van der Waals surface area contributed by atoms with E-state index in [1.54, 1.807) is 12.3 Å². The summed E-state index contributed by atoms with van der Waals surface area (Å²) < 4.78 is 5.26. The molecular formula is C27H37N5O4. The Morgan fingerprint density at radius 1 is 0.917 bits per heavy atom. The molecule has 1 aromatic heterocycles. The first-order valence-corrected chi connectivity index (χ1v) is 12.9. The number of aryl methyl sites for hydroxylation is 1. The van der Waals surface area contributed by atoms with E-state index < -0.39 is 0 Å². The van der Waals surface area contributed by atoms with Gasteiger partial charge in [0.2, 0.25) is 17.7 Å². The van der Waals surface area contributed by atoms with E-state index in [4.69, 9.17) is 4.42 Å². The van der Waals surface area contributed by atoms with E-state index in [0.717, 1.165) is 49.4 Å². The van der Waals surface area contributed by atoms with Crippen LogP contribution in [0.15, 0.2) is 47.1 Å². The van der Waals surface area contributed by atoms with Gasteiger partial charge in [0.05, 0.1) is 25.9 Å². The number of anilines is 1. The molecule has 2 saturated heterocycles. The maximum atomic E-state index is 12.9. The molecule has 3 amide bonds. The Hall–Kier alpha value is -3.17. The van der Waals surface area contributed by atoms with Gasteiger partial charge in [0.25, 0.3) is 0 Å². The molecule has 0 atom stereocenters. The van der Waals surface area contributed by atoms with E-state index in [1.807, 2.05) is 35.2 Å². The zero-order valence-corrected chi connectivity index (χ0v) is 21.1. The van der Waals surface area contributed by atoms with Crippen LogP contribution in [0.25, 0.3) is 0 Å². The SMILES string of the molecule is CCc1ccccc1NC(=O)CN1CCN(C(=O)CN2CCC(C(=O)NCc3ccco3)CC2)CC1. The topological polar surface area (TPSA) is 98.1 Å². The standard InChI is InChI=1S/C27H37N5O4/c1-2-21-6-3-4-8-24(21)29-25(33)19-31-13-15-32(16-14-31)26(34)20-30-11-9-22(10-12-30)27(35)28-18-23-7-5-17-36-23/h3-8,17,22H,2,9-16,18-20H2,1H3,(H,28,35)(H,29,33). The number of likely N-dealkylation sites (tertiary alicyclic amines) is 1. The van der Waals surface area contributed by atoms with Crippen molar-refractivity contribution in [1.29, 1.82) is 0 Å². The number of para-hydroxylation sites is 1. The summed E-state index contributed by atoms with van der Waals surface area (Å²) in [7, 11) is 0. The highest BCUT2D eigenvalue weighted by molar-refractivity contribution is 5.93. The molecule has 2 aliphatic rings. The molecule has 2 aromatic rings. The molecule has 0 radical (unpaired) electrons. The summed E-state index contributed by atoms with van der Waals surface area (Å²) in [5.41, 5.74) is 2.00. The van der Waals surface area contributed by atoms with Crippen LogP contribution < -0.4 is 10.6 Å². The molecule has 1 aromatic carbocycles. The molecule has 36 heavy (non-hydrogen) atoms. The van der Waals surface area contributed by atoms with Crippen molar-refractivity contribution in [2.45, 2.75) is 32.7 Å². The number of hydrogen-bond donors (Lipinski definition) is 2. The maximum absolute atomic E-state index is 12.9. The van der Waals surface area contributed by atoms with Crippen molar-refractivity contribution >= 4 is 23.4 Å². The molecule has 0 unspecified atom stereocenters. The summed E-state index contributed by atoms with van der Waals surface area (Å²) in [4.78, 5) is 43.9. The third kappa shape index (κ3) is 7.18. The summed E-state index contributed by atoms with van der Waals surface area (Å²) in [6.07, 6.45) is 3.97. The molecule has 2 aliphatic heterocycles. The van der Waals surface area contributed by atoms with Crippen LogP contribution in [-0.4, -0.2) is 84.8 Å². The Bertz CT molecular complexity index is 1010. The summed E-state index contributed by atoms with van der Waals surface area (Å²) in [6.45, 7) is 7.30. The number of nitrogens with zero attached hydrogens (tertiary/aromatic N) is 3. The van der Waals surface area contributed by atoms with Gasteiger partial charge in [-0.05, 0) is 56.1 Å². The third-order valence-electron chi connectivity index (χ3n) is 7.10. The van der Waals surface area contributed by atoms with Gasteiger partial charge in [-0.3, -0.25) is 24.2 Å². The second-order valence-electron chi connectivity index (χ2n) is 9.56. The van der Waals surface area contributed by atoms with Gasteiger partial charge in [0, 0.05) is 37.8 Å². The Morgan fingerprint density at radius 3 is 2.33 bits per heavy atom. The lowest BCUT2D eigenvalue weighted by molar-refractivity contribution is -0.134. The lowest BCUT2D eigenvalue weighted by Crippen LogP contribution is -2.53. The van der Waals surface area contributed by atoms with Gasteiger partial charge in [0.1, 0.15) is 5.76 Å². The summed E-state index contributed by atoms with van der Waals surface area (Å²) >= 11 is 0. The number of piperidine rings is 1. The van der Waals surface area contributed by atoms with Crippen LogP contribution in [0.3, 0.4) is 0 Å².